The van der Waals surface area contributed by atoms with Gasteiger partial charge in [0, 0.05) is 17.3 Å². The van der Waals surface area contributed by atoms with E-state index in [0.29, 0.717) is 25.6 Å². The van der Waals surface area contributed by atoms with Crippen molar-refractivity contribution in [3.63, 3.8) is 0 Å². The maximum Gasteiger partial charge on any atom is 0.155 e. The fourth-order valence-corrected chi connectivity index (χ4v) is 5.84. The van der Waals surface area contributed by atoms with Gasteiger partial charge in [-0.05, 0) is 29.9 Å². The van der Waals surface area contributed by atoms with Crippen molar-refractivity contribution in [3.8, 4) is 6.07 Å². The van der Waals surface area contributed by atoms with E-state index in [1.54, 1.807) is 0 Å². The van der Waals surface area contributed by atoms with Gasteiger partial charge in [0.25, 0.3) is 0 Å². The fraction of sp³-hybridized carbons (Fsp3) is 0.600. The zero-order valence-corrected chi connectivity index (χ0v) is 10.0. The summed E-state index contributed by atoms with van der Waals surface area (Å²) in [5.74, 6) is 0.683. The van der Waals surface area contributed by atoms with E-state index in [9.17, 15) is 10.1 Å². The first-order valence-corrected chi connectivity index (χ1v) is 6.66. The highest BCUT2D eigenvalue weighted by Crippen LogP contribution is 2.93. The molecule has 0 aromatic heterocycles. The van der Waals surface area contributed by atoms with Crippen molar-refractivity contribution in [2.75, 3.05) is 13.2 Å². The van der Waals surface area contributed by atoms with Crippen molar-refractivity contribution in [1.29, 1.82) is 5.26 Å². The second-order valence-electron chi connectivity index (χ2n) is 6.47. The third-order valence-electron chi connectivity index (χ3n) is 6.25. The number of ether oxygens (including phenoxy) is 1. The van der Waals surface area contributed by atoms with Crippen LogP contribution in [0.5, 0.6) is 0 Å². The molecule has 90 valence electrons. The summed E-state index contributed by atoms with van der Waals surface area (Å²) in [6.07, 6.45) is 6.98. The van der Waals surface area contributed by atoms with E-state index in [0.717, 1.165) is 12.8 Å². The zero-order chi connectivity index (χ0) is 12.2. The van der Waals surface area contributed by atoms with Gasteiger partial charge in [0.15, 0.2) is 5.78 Å². The number of hydrogen-bond acceptors (Lipinski definition) is 3. The van der Waals surface area contributed by atoms with Crippen LogP contribution in [0.4, 0.5) is 0 Å². The van der Waals surface area contributed by atoms with Crippen molar-refractivity contribution in [1.82, 2.24) is 0 Å². The molecule has 4 bridgehead atoms. The van der Waals surface area contributed by atoms with Crippen LogP contribution in [-0.2, 0) is 9.53 Å². The highest BCUT2D eigenvalue weighted by molar-refractivity contribution is 5.99. The Labute approximate surface area is 105 Å². The minimum Gasteiger partial charge on any atom is -0.372 e. The van der Waals surface area contributed by atoms with Crippen molar-refractivity contribution in [2.24, 2.45) is 22.2 Å². The van der Waals surface area contributed by atoms with Crippen LogP contribution in [0.15, 0.2) is 23.3 Å². The van der Waals surface area contributed by atoms with Gasteiger partial charge in [-0.2, -0.15) is 5.26 Å². The molecule has 6 aliphatic rings. The van der Waals surface area contributed by atoms with E-state index < -0.39 is 5.41 Å². The molecule has 0 saturated heterocycles. The van der Waals surface area contributed by atoms with Crippen LogP contribution >= 0.6 is 0 Å². The van der Waals surface area contributed by atoms with Gasteiger partial charge in [0.05, 0.1) is 19.3 Å². The van der Waals surface area contributed by atoms with Gasteiger partial charge in [-0.15, -0.1) is 0 Å². The summed E-state index contributed by atoms with van der Waals surface area (Å²) in [6.45, 7) is 1.29. The lowest BCUT2D eigenvalue weighted by Gasteiger charge is -2.31. The lowest BCUT2D eigenvalue weighted by atomic mass is 9.69. The third-order valence-corrected chi connectivity index (χ3v) is 6.25. The summed E-state index contributed by atoms with van der Waals surface area (Å²) in [7, 11) is 0. The number of hydrogen-bond donors (Lipinski definition) is 0. The van der Waals surface area contributed by atoms with Gasteiger partial charge in [0.1, 0.15) is 5.41 Å². The topological polar surface area (TPSA) is 50.1 Å². The molecule has 3 nitrogen and oxygen atoms in total. The maximum atomic E-state index is 12.5. The molecule has 4 saturated carbocycles. The van der Waals surface area contributed by atoms with Gasteiger partial charge >= 0.3 is 0 Å². The van der Waals surface area contributed by atoms with Crippen LogP contribution in [0.2, 0.25) is 0 Å². The predicted molar refractivity (Wildman–Crippen MR) is 62.2 cm³/mol. The number of nitriles is 1. The molecule has 0 aromatic carbocycles. The summed E-state index contributed by atoms with van der Waals surface area (Å²) in [6, 6.07) is 2.44. The van der Waals surface area contributed by atoms with Gasteiger partial charge < -0.3 is 4.74 Å². The Morgan fingerprint density at radius 2 is 2.28 bits per heavy atom. The molecule has 0 radical (unpaired) electrons. The van der Waals surface area contributed by atoms with E-state index in [1.807, 2.05) is 0 Å². The highest BCUT2D eigenvalue weighted by Gasteiger charge is 2.95. The largest absolute Gasteiger partial charge is 0.372 e. The second kappa shape index (κ2) is 2.35. The molecule has 0 aromatic rings. The number of nitrogens with zero attached hydrogens (tertiary/aromatic N) is 1. The molecule has 4 fully saturated rings. The molecule has 4 atom stereocenters. The van der Waals surface area contributed by atoms with Crippen LogP contribution in [-0.4, -0.2) is 19.0 Å². The van der Waals surface area contributed by atoms with Crippen molar-refractivity contribution < 1.29 is 9.53 Å². The Bertz CT molecular complexity index is 625. The molecule has 0 N–H and O–H groups in total. The van der Waals surface area contributed by atoms with Gasteiger partial charge in [0.2, 0.25) is 0 Å². The summed E-state index contributed by atoms with van der Waals surface area (Å²) < 4.78 is 5.57. The average molecular weight is 239 g/mol. The van der Waals surface area contributed by atoms with Crippen LogP contribution in [0.25, 0.3) is 0 Å². The Balaban J connectivity index is 1.85. The Kier molecular flexibility index (Phi) is 1.24. The first kappa shape index (κ1) is 9.52. The predicted octanol–water partition coefficient (Wildman–Crippen LogP) is 1.76. The Morgan fingerprint density at radius 1 is 1.39 bits per heavy atom. The zero-order valence-electron chi connectivity index (χ0n) is 10.0. The molecule has 2 spiro atoms. The standard InChI is InChI=1S/C15H13NO2/c16-8-15-12(17)3-9-4-13(15)2-1-10-6-18-7-11(10)14(13,15)5-9/h1-2,9H,3-7H2/t9-,13+,14+,15?/m0/s1. The van der Waals surface area contributed by atoms with Crippen LogP contribution in [0.1, 0.15) is 19.3 Å². The molecule has 5 aliphatic carbocycles. The quantitative estimate of drug-likeness (QED) is 0.647. The molecule has 1 aliphatic heterocycles. The molecule has 3 heteroatoms. The molecule has 0 amide bonds. The monoisotopic (exact) mass is 239 g/mol. The summed E-state index contributed by atoms with van der Waals surface area (Å²) >= 11 is 0. The molecular weight excluding hydrogens is 226 g/mol. The molecule has 1 heterocycles. The van der Waals surface area contributed by atoms with E-state index in [-0.39, 0.29) is 16.6 Å². The minimum atomic E-state index is -0.740. The lowest BCUT2D eigenvalue weighted by molar-refractivity contribution is -0.128. The van der Waals surface area contributed by atoms with E-state index >= 15 is 0 Å². The lowest BCUT2D eigenvalue weighted by Crippen LogP contribution is -2.35. The minimum absolute atomic E-state index is 0.165. The SMILES string of the molecule is N#CC12C(=O)C[C@H]3C[C@@]14C=CC1=C(COC1)[C@@]24C3. The van der Waals surface area contributed by atoms with Crippen molar-refractivity contribution >= 4 is 5.78 Å². The fourth-order valence-electron chi connectivity index (χ4n) is 5.84. The van der Waals surface area contributed by atoms with Crippen LogP contribution < -0.4 is 0 Å². The second-order valence-corrected chi connectivity index (χ2v) is 6.47. The number of allylic oxidation sites excluding steroid dienone is 1. The number of fused-ring (bicyclic) bond motifs is 1. The summed E-state index contributed by atoms with van der Waals surface area (Å²) in [4.78, 5) is 12.5. The summed E-state index contributed by atoms with van der Waals surface area (Å²) in [5.41, 5.74) is 1.44. The number of ketones is 1. The maximum absolute atomic E-state index is 12.5. The first-order chi connectivity index (χ1) is 8.72. The average Bonchev–Trinajstić information content (AvgIpc) is 2.73. The number of rotatable bonds is 0. The highest BCUT2D eigenvalue weighted by atomic mass is 16.5. The third kappa shape index (κ3) is 0.574. The normalized spacial score (nSPS) is 54.2. The molecule has 1 unspecified atom stereocenters. The Hall–Kier alpha value is -1.40. The van der Waals surface area contributed by atoms with Crippen LogP contribution in [0.3, 0.4) is 0 Å². The summed E-state index contributed by atoms with van der Waals surface area (Å²) in [5, 5.41) is 9.73. The van der Waals surface area contributed by atoms with Crippen molar-refractivity contribution in [3.05, 3.63) is 23.3 Å². The Morgan fingerprint density at radius 3 is 3.11 bits per heavy atom. The number of carbonyl (C=O) groups excluding carboxylic acids is 1. The van der Waals surface area contributed by atoms with Gasteiger partial charge in [-0.25, -0.2) is 0 Å². The number of carbonyl (C=O) groups is 1. The van der Waals surface area contributed by atoms with E-state index in [1.165, 1.54) is 11.1 Å². The molecule has 6 rings (SSSR count). The molecule has 18 heavy (non-hydrogen) atoms. The smallest absolute Gasteiger partial charge is 0.155 e. The first-order valence-electron chi connectivity index (χ1n) is 6.66. The van der Waals surface area contributed by atoms with Gasteiger partial charge in [-0.1, -0.05) is 12.2 Å². The molecular formula is C15H13NO2. The van der Waals surface area contributed by atoms with Crippen molar-refractivity contribution in [2.45, 2.75) is 19.3 Å². The van der Waals surface area contributed by atoms with E-state index in [2.05, 4.69) is 18.2 Å². The van der Waals surface area contributed by atoms with E-state index in [4.69, 9.17) is 4.74 Å². The number of Topliss-reactive ketones (excluding diaryl/α,β-unsaturated/α-hetero) is 1. The van der Waals surface area contributed by atoms with Gasteiger partial charge in [-0.3, -0.25) is 4.79 Å². The van der Waals surface area contributed by atoms with Crippen LogP contribution in [0, 0.1) is 33.5 Å².